The van der Waals surface area contributed by atoms with Crippen LogP contribution in [-0.4, -0.2) is 30.0 Å². The van der Waals surface area contributed by atoms with E-state index in [0.717, 1.165) is 12.4 Å². The fourth-order valence-electron chi connectivity index (χ4n) is 1.48. The lowest BCUT2D eigenvalue weighted by Gasteiger charge is -2.22. The third kappa shape index (κ3) is 4.30. The normalized spacial score (nSPS) is 10.4. The molecule has 5 heteroatoms. The van der Waals surface area contributed by atoms with E-state index >= 15 is 0 Å². The fourth-order valence-corrected chi connectivity index (χ4v) is 1.48. The minimum atomic E-state index is 0.000440. The van der Waals surface area contributed by atoms with Gasteiger partial charge in [-0.2, -0.15) is 0 Å². The number of hydrogen-bond acceptors (Lipinski definition) is 4. The van der Waals surface area contributed by atoms with Crippen LogP contribution in [0.1, 0.15) is 20.8 Å². The van der Waals surface area contributed by atoms with Crippen molar-refractivity contribution in [2.24, 2.45) is 0 Å². The van der Waals surface area contributed by atoms with Gasteiger partial charge in [0.15, 0.2) is 0 Å². The summed E-state index contributed by atoms with van der Waals surface area (Å²) in [5, 5.41) is 2.86. The average molecular weight is 236 g/mol. The summed E-state index contributed by atoms with van der Waals surface area (Å²) < 4.78 is 0. The highest BCUT2D eigenvalue weighted by molar-refractivity contribution is 5.81. The fraction of sp³-hybridized carbons (Fsp3) is 0.500. The molecule has 0 radical (unpaired) electrons. The van der Waals surface area contributed by atoms with E-state index in [9.17, 15) is 4.79 Å². The van der Waals surface area contributed by atoms with Crippen LogP contribution in [0.15, 0.2) is 18.3 Å². The average Bonchev–Trinajstić information content (AvgIpc) is 2.26. The molecule has 1 aromatic rings. The van der Waals surface area contributed by atoms with Crippen LogP contribution in [0.3, 0.4) is 0 Å². The van der Waals surface area contributed by atoms with Crippen LogP contribution >= 0.6 is 0 Å². The molecule has 0 saturated heterocycles. The molecule has 0 unspecified atom stereocenters. The molecule has 1 heterocycles. The van der Waals surface area contributed by atoms with Crippen molar-refractivity contribution in [1.82, 2.24) is 10.3 Å². The zero-order chi connectivity index (χ0) is 12.8. The summed E-state index contributed by atoms with van der Waals surface area (Å²) in [6.45, 7) is 6.90. The molecule has 0 bridgehead atoms. The summed E-state index contributed by atoms with van der Waals surface area (Å²) in [5.41, 5.74) is 6.20. The third-order valence-electron chi connectivity index (χ3n) is 2.26. The number of amides is 1. The minimum absolute atomic E-state index is 0.000440. The van der Waals surface area contributed by atoms with Crippen LogP contribution in [0.4, 0.5) is 11.5 Å². The number of rotatable bonds is 5. The van der Waals surface area contributed by atoms with Gasteiger partial charge in [-0.3, -0.25) is 4.79 Å². The van der Waals surface area contributed by atoms with Crippen LogP contribution in [0.25, 0.3) is 0 Å². The van der Waals surface area contributed by atoms with Crippen molar-refractivity contribution in [2.45, 2.75) is 26.8 Å². The number of aromatic nitrogens is 1. The predicted octanol–water partition coefficient (Wildman–Crippen LogP) is 1.01. The number of nitrogens with two attached hydrogens (primary N) is 1. The first-order valence-electron chi connectivity index (χ1n) is 5.78. The molecule has 0 atom stereocenters. The van der Waals surface area contributed by atoms with Crippen LogP contribution < -0.4 is 16.0 Å². The maximum atomic E-state index is 11.7. The first kappa shape index (κ1) is 13.3. The van der Waals surface area contributed by atoms with Gasteiger partial charge in [-0.15, -0.1) is 0 Å². The van der Waals surface area contributed by atoms with Crippen LogP contribution in [0.5, 0.6) is 0 Å². The molecule has 0 spiro atoms. The van der Waals surface area contributed by atoms with E-state index in [-0.39, 0.29) is 11.9 Å². The molecular weight excluding hydrogens is 216 g/mol. The smallest absolute Gasteiger partial charge is 0.239 e. The van der Waals surface area contributed by atoms with Gasteiger partial charge in [0.1, 0.15) is 5.82 Å². The Kier molecular flexibility index (Phi) is 4.75. The van der Waals surface area contributed by atoms with Gasteiger partial charge in [0, 0.05) is 12.6 Å². The second-order valence-electron chi connectivity index (χ2n) is 4.19. The Hall–Kier alpha value is -1.78. The Morgan fingerprint density at radius 3 is 2.71 bits per heavy atom. The Balaban J connectivity index is 2.65. The van der Waals surface area contributed by atoms with Gasteiger partial charge in [-0.25, -0.2) is 4.98 Å². The molecule has 1 amide bonds. The Morgan fingerprint density at radius 1 is 1.53 bits per heavy atom. The lowest BCUT2D eigenvalue weighted by Crippen LogP contribution is -2.40. The number of pyridine rings is 1. The van der Waals surface area contributed by atoms with E-state index in [1.165, 1.54) is 0 Å². The van der Waals surface area contributed by atoms with Crippen LogP contribution in [0, 0.1) is 0 Å². The first-order valence-corrected chi connectivity index (χ1v) is 5.78. The molecule has 0 aliphatic heterocycles. The van der Waals surface area contributed by atoms with E-state index in [0.29, 0.717) is 12.2 Å². The predicted molar refractivity (Wildman–Crippen MR) is 69.8 cm³/mol. The van der Waals surface area contributed by atoms with Crippen molar-refractivity contribution in [3.8, 4) is 0 Å². The number of carbonyl (C=O) groups excluding carboxylic acids is 1. The maximum Gasteiger partial charge on any atom is 0.239 e. The number of nitrogens with one attached hydrogen (secondary N) is 1. The quantitative estimate of drug-likeness (QED) is 0.800. The molecule has 3 N–H and O–H groups in total. The highest BCUT2D eigenvalue weighted by atomic mass is 16.2. The van der Waals surface area contributed by atoms with Gasteiger partial charge in [0.2, 0.25) is 5.91 Å². The number of anilines is 2. The van der Waals surface area contributed by atoms with E-state index in [4.69, 9.17) is 5.73 Å². The minimum Gasteiger partial charge on any atom is -0.397 e. The van der Waals surface area contributed by atoms with Gasteiger partial charge in [-0.1, -0.05) is 0 Å². The zero-order valence-electron chi connectivity index (χ0n) is 10.6. The van der Waals surface area contributed by atoms with Crippen molar-refractivity contribution in [3.05, 3.63) is 18.3 Å². The Bertz CT molecular complexity index is 361. The number of likely N-dealkylation sites (N-methyl/N-ethyl adjacent to an activating group) is 1. The lowest BCUT2D eigenvalue weighted by molar-refractivity contribution is -0.120. The second kappa shape index (κ2) is 6.08. The molecule has 0 aliphatic rings. The lowest BCUT2D eigenvalue weighted by atomic mass is 10.3. The summed E-state index contributed by atoms with van der Waals surface area (Å²) in [7, 11) is 0. The molecule has 0 saturated carbocycles. The second-order valence-corrected chi connectivity index (χ2v) is 4.19. The number of hydrogen-bond donors (Lipinski definition) is 2. The number of nitrogen functional groups attached to an aromatic ring is 1. The Morgan fingerprint density at radius 2 is 2.24 bits per heavy atom. The van der Waals surface area contributed by atoms with Gasteiger partial charge in [-0.05, 0) is 32.9 Å². The monoisotopic (exact) mass is 236 g/mol. The van der Waals surface area contributed by atoms with Crippen molar-refractivity contribution in [1.29, 1.82) is 0 Å². The summed E-state index contributed by atoms with van der Waals surface area (Å²) in [6.07, 6.45) is 1.60. The van der Waals surface area contributed by atoms with Gasteiger partial charge < -0.3 is 16.0 Å². The molecule has 5 nitrogen and oxygen atoms in total. The third-order valence-corrected chi connectivity index (χ3v) is 2.26. The van der Waals surface area contributed by atoms with Gasteiger partial charge >= 0.3 is 0 Å². The van der Waals surface area contributed by atoms with E-state index in [1.807, 2.05) is 31.7 Å². The molecule has 1 rings (SSSR count). The maximum absolute atomic E-state index is 11.7. The largest absolute Gasteiger partial charge is 0.397 e. The molecule has 0 fully saturated rings. The highest BCUT2D eigenvalue weighted by Gasteiger charge is 2.11. The summed E-state index contributed by atoms with van der Waals surface area (Å²) >= 11 is 0. The summed E-state index contributed by atoms with van der Waals surface area (Å²) in [4.78, 5) is 17.8. The van der Waals surface area contributed by atoms with E-state index < -0.39 is 0 Å². The molecule has 1 aromatic heterocycles. The molecule has 0 aromatic carbocycles. The van der Waals surface area contributed by atoms with Crippen LogP contribution in [-0.2, 0) is 4.79 Å². The highest BCUT2D eigenvalue weighted by Crippen LogP contribution is 2.11. The number of carbonyl (C=O) groups is 1. The van der Waals surface area contributed by atoms with Crippen LogP contribution in [0.2, 0.25) is 0 Å². The van der Waals surface area contributed by atoms with E-state index in [1.54, 1.807) is 12.3 Å². The van der Waals surface area contributed by atoms with E-state index in [2.05, 4.69) is 10.3 Å². The van der Waals surface area contributed by atoms with Crippen molar-refractivity contribution >= 4 is 17.4 Å². The molecule has 0 aliphatic carbocycles. The summed E-state index contributed by atoms with van der Waals surface area (Å²) in [5.74, 6) is 0.765. The molecular formula is C12H20N4O. The van der Waals surface area contributed by atoms with Crippen molar-refractivity contribution < 1.29 is 4.79 Å². The van der Waals surface area contributed by atoms with Crippen molar-refractivity contribution in [2.75, 3.05) is 23.7 Å². The zero-order valence-corrected chi connectivity index (χ0v) is 10.6. The SMILES string of the molecule is CCN(CC(=O)NC(C)C)c1ccc(N)cn1. The molecule has 94 valence electrons. The van der Waals surface area contributed by atoms with Gasteiger partial charge in [0.25, 0.3) is 0 Å². The number of nitrogens with zero attached hydrogens (tertiary/aromatic N) is 2. The summed E-state index contributed by atoms with van der Waals surface area (Å²) in [6, 6.07) is 3.76. The first-order chi connectivity index (χ1) is 8.02. The Labute approximate surface area is 102 Å². The standard InChI is InChI=1S/C12H20N4O/c1-4-16(8-12(17)15-9(2)3)11-6-5-10(13)7-14-11/h5-7,9H,4,8,13H2,1-3H3,(H,15,17). The van der Waals surface area contributed by atoms with Gasteiger partial charge in [0.05, 0.1) is 18.4 Å². The topological polar surface area (TPSA) is 71.2 Å². The van der Waals surface area contributed by atoms with Crippen molar-refractivity contribution in [3.63, 3.8) is 0 Å². The molecule has 17 heavy (non-hydrogen) atoms.